The van der Waals surface area contributed by atoms with Crippen LogP contribution in [0.3, 0.4) is 0 Å². The van der Waals surface area contributed by atoms with Crippen molar-refractivity contribution in [3.8, 4) is 11.3 Å². The third kappa shape index (κ3) is 5.25. The summed E-state index contributed by atoms with van der Waals surface area (Å²) in [4.78, 5) is 43.4. The highest BCUT2D eigenvalue weighted by atomic mass is 35.5. The first-order valence-electron chi connectivity index (χ1n) is 11.2. The van der Waals surface area contributed by atoms with Gasteiger partial charge in [-0.15, -0.1) is 0 Å². The number of carbonyl (C=O) groups excluding carboxylic acids is 2. The lowest BCUT2D eigenvalue weighted by molar-refractivity contribution is -0.117. The molecule has 1 aromatic heterocycles. The zero-order valence-electron chi connectivity index (χ0n) is 19.7. The number of nitrogens with zero attached hydrogens (tertiary/aromatic N) is 2. The lowest BCUT2D eigenvalue weighted by Gasteiger charge is -2.15. The smallest absolute Gasteiger partial charge is 0.278 e. The predicted octanol–water partition coefficient (Wildman–Crippen LogP) is 5.32. The van der Waals surface area contributed by atoms with Gasteiger partial charge in [0.2, 0.25) is 11.8 Å². The highest BCUT2D eigenvalue weighted by Crippen LogP contribution is 2.27. The fourth-order valence-electron chi connectivity index (χ4n) is 3.83. The summed E-state index contributed by atoms with van der Waals surface area (Å²) in [5, 5.41) is 6.28. The molecule has 178 valence electrons. The van der Waals surface area contributed by atoms with E-state index in [-0.39, 0.29) is 24.1 Å². The van der Waals surface area contributed by atoms with E-state index in [1.54, 1.807) is 49.4 Å². The SMILES string of the molecule is CCC(=O)Nc1ccc(C)cc1-c1nc2ccccc2n(CC(=O)Nc2ccc(Cl)cc2C)c1=O. The summed E-state index contributed by atoms with van der Waals surface area (Å²) in [6, 6.07) is 17.8. The number of halogens is 1. The summed E-state index contributed by atoms with van der Waals surface area (Å²) >= 11 is 6.02. The van der Waals surface area contributed by atoms with Crippen LogP contribution in [0.1, 0.15) is 24.5 Å². The van der Waals surface area contributed by atoms with Crippen molar-refractivity contribution in [2.75, 3.05) is 10.6 Å². The summed E-state index contributed by atoms with van der Waals surface area (Å²) in [5.74, 6) is -0.530. The van der Waals surface area contributed by atoms with E-state index >= 15 is 0 Å². The third-order valence-electron chi connectivity index (χ3n) is 5.64. The highest BCUT2D eigenvalue weighted by molar-refractivity contribution is 6.30. The van der Waals surface area contributed by atoms with Gasteiger partial charge in [-0.3, -0.25) is 19.0 Å². The van der Waals surface area contributed by atoms with Crippen LogP contribution in [-0.4, -0.2) is 21.4 Å². The molecule has 0 aliphatic rings. The maximum atomic E-state index is 13.7. The van der Waals surface area contributed by atoms with E-state index in [2.05, 4.69) is 15.6 Å². The molecule has 0 aliphatic carbocycles. The van der Waals surface area contributed by atoms with Gasteiger partial charge >= 0.3 is 0 Å². The number of carbonyl (C=O) groups is 2. The zero-order valence-corrected chi connectivity index (χ0v) is 20.4. The first-order chi connectivity index (χ1) is 16.8. The first kappa shape index (κ1) is 24.2. The summed E-state index contributed by atoms with van der Waals surface area (Å²) in [7, 11) is 0. The molecule has 2 N–H and O–H groups in total. The third-order valence-corrected chi connectivity index (χ3v) is 5.88. The number of hydrogen-bond acceptors (Lipinski definition) is 4. The molecule has 2 amide bonds. The number of rotatable bonds is 6. The van der Waals surface area contributed by atoms with E-state index in [1.807, 2.05) is 32.0 Å². The number of hydrogen-bond donors (Lipinski definition) is 2. The van der Waals surface area contributed by atoms with Crippen LogP contribution in [0, 0.1) is 13.8 Å². The Kier molecular flexibility index (Phi) is 6.98. The Labute approximate surface area is 207 Å². The first-order valence-corrected chi connectivity index (χ1v) is 11.6. The Hall–Kier alpha value is -3.97. The summed E-state index contributed by atoms with van der Waals surface area (Å²) in [5.41, 5.74) is 4.18. The van der Waals surface area contributed by atoms with Crippen LogP contribution < -0.4 is 16.2 Å². The van der Waals surface area contributed by atoms with E-state index in [9.17, 15) is 14.4 Å². The van der Waals surface area contributed by atoms with Crippen LogP contribution in [0.25, 0.3) is 22.3 Å². The molecule has 0 radical (unpaired) electrons. The standard InChI is InChI=1S/C27H25ClN4O3/c1-4-24(33)30-21-11-9-16(2)13-19(21)26-27(35)32(23-8-6-5-7-22(23)31-26)15-25(34)29-20-12-10-18(28)14-17(20)3/h5-14H,4,15H2,1-3H3,(H,29,34)(H,30,33). The Morgan fingerprint density at radius 2 is 1.66 bits per heavy atom. The van der Waals surface area contributed by atoms with Gasteiger partial charge in [-0.2, -0.15) is 0 Å². The Morgan fingerprint density at radius 1 is 0.943 bits per heavy atom. The van der Waals surface area contributed by atoms with Crippen molar-refractivity contribution < 1.29 is 9.59 Å². The molecule has 0 spiro atoms. The van der Waals surface area contributed by atoms with Gasteiger partial charge in [0, 0.05) is 22.7 Å². The molecule has 0 fully saturated rings. The molecule has 0 saturated heterocycles. The van der Waals surface area contributed by atoms with Crippen molar-refractivity contribution in [2.45, 2.75) is 33.7 Å². The molecule has 0 bridgehead atoms. The second-order valence-electron chi connectivity index (χ2n) is 8.30. The Morgan fingerprint density at radius 3 is 2.40 bits per heavy atom. The highest BCUT2D eigenvalue weighted by Gasteiger charge is 2.19. The molecule has 0 aliphatic heterocycles. The Bertz CT molecular complexity index is 1510. The number of benzene rings is 3. The fraction of sp³-hybridized carbons (Fsp3) is 0.185. The molecule has 0 saturated carbocycles. The molecule has 4 aromatic rings. The number of fused-ring (bicyclic) bond motifs is 1. The van der Waals surface area contributed by atoms with Crippen molar-refractivity contribution in [1.82, 2.24) is 9.55 Å². The maximum Gasteiger partial charge on any atom is 0.278 e. The van der Waals surface area contributed by atoms with Crippen LogP contribution in [0.5, 0.6) is 0 Å². The van der Waals surface area contributed by atoms with Gasteiger partial charge in [-0.25, -0.2) is 4.98 Å². The second kappa shape index (κ2) is 10.1. The van der Waals surface area contributed by atoms with Crippen LogP contribution in [0.15, 0.2) is 65.5 Å². The zero-order chi connectivity index (χ0) is 25.1. The molecule has 3 aromatic carbocycles. The van der Waals surface area contributed by atoms with E-state index in [0.717, 1.165) is 11.1 Å². The minimum atomic E-state index is -0.427. The molecular formula is C27H25ClN4O3. The fourth-order valence-corrected chi connectivity index (χ4v) is 4.05. The van der Waals surface area contributed by atoms with E-state index < -0.39 is 5.56 Å². The quantitative estimate of drug-likeness (QED) is 0.384. The van der Waals surface area contributed by atoms with Gasteiger partial charge in [0.25, 0.3) is 5.56 Å². The average molecular weight is 489 g/mol. The molecular weight excluding hydrogens is 464 g/mol. The molecule has 4 rings (SSSR count). The molecule has 8 heteroatoms. The lowest BCUT2D eigenvalue weighted by Crippen LogP contribution is -2.30. The second-order valence-corrected chi connectivity index (χ2v) is 8.74. The van der Waals surface area contributed by atoms with Crippen molar-refractivity contribution in [2.24, 2.45) is 0 Å². The number of aromatic nitrogens is 2. The summed E-state index contributed by atoms with van der Waals surface area (Å²) in [6.07, 6.45) is 0.299. The van der Waals surface area contributed by atoms with Crippen LogP contribution in [0.4, 0.5) is 11.4 Å². The number of nitrogens with one attached hydrogen (secondary N) is 2. The largest absolute Gasteiger partial charge is 0.325 e. The van der Waals surface area contributed by atoms with E-state index in [0.29, 0.717) is 39.4 Å². The molecule has 0 unspecified atom stereocenters. The normalized spacial score (nSPS) is 10.9. The summed E-state index contributed by atoms with van der Waals surface area (Å²) < 4.78 is 1.41. The number of para-hydroxylation sites is 2. The van der Waals surface area contributed by atoms with Crippen molar-refractivity contribution in [3.05, 3.63) is 87.2 Å². The predicted molar refractivity (Wildman–Crippen MR) is 140 cm³/mol. The van der Waals surface area contributed by atoms with Crippen LogP contribution in [0.2, 0.25) is 5.02 Å². The average Bonchev–Trinajstić information content (AvgIpc) is 2.83. The maximum absolute atomic E-state index is 13.7. The van der Waals surface area contributed by atoms with Crippen molar-refractivity contribution in [3.63, 3.8) is 0 Å². The minimum absolute atomic E-state index is 0.161. The molecule has 7 nitrogen and oxygen atoms in total. The monoisotopic (exact) mass is 488 g/mol. The van der Waals surface area contributed by atoms with Gasteiger partial charge in [0.05, 0.1) is 16.7 Å². The lowest BCUT2D eigenvalue weighted by atomic mass is 10.1. The van der Waals surface area contributed by atoms with E-state index in [4.69, 9.17) is 11.6 Å². The van der Waals surface area contributed by atoms with Gasteiger partial charge in [0.15, 0.2) is 0 Å². The van der Waals surface area contributed by atoms with Crippen molar-refractivity contribution in [1.29, 1.82) is 0 Å². The van der Waals surface area contributed by atoms with Crippen LogP contribution >= 0.6 is 11.6 Å². The number of aryl methyl sites for hydroxylation is 2. The van der Waals surface area contributed by atoms with Gasteiger partial charge < -0.3 is 10.6 Å². The van der Waals surface area contributed by atoms with Crippen molar-refractivity contribution >= 4 is 45.8 Å². The topological polar surface area (TPSA) is 93.1 Å². The summed E-state index contributed by atoms with van der Waals surface area (Å²) in [6.45, 7) is 5.29. The van der Waals surface area contributed by atoms with E-state index in [1.165, 1.54) is 4.57 Å². The van der Waals surface area contributed by atoms with Gasteiger partial charge in [-0.1, -0.05) is 42.3 Å². The van der Waals surface area contributed by atoms with Gasteiger partial charge in [-0.05, 0) is 61.9 Å². The Balaban J connectivity index is 1.81. The molecule has 35 heavy (non-hydrogen) atoms. The molecule has 1 heterocycles. The van der Waals surface area contributed by atoms with Crippen LogP contribution in [-0.2, 0) is 16.1 Å². The number of anilines is 2. The minimum Gasteiger partial charge on any atom is -0.325 e. The molecule has 0 atom stereocenters. The number of amides is 2. The van der Waals surface area contributed by atoms with Gasteiger partial charge in [0.1, 0.15) is 12.2 Å².